The van der Waals surface area contributed by atoms with Crippen molar-refractivity contribution < 1.29 is 24.5 Å². The maximum atomic E-state index is 11.2. The van der Waals surface area contributed by atoms with Crippen molar-refractivity contribution in [1.82, 2.24) is 0 Å². The summed E-state index contributed by atoms with van der Waals surface area (Å²) in [6.45, 7) is 1.01. The average Bonchev–Trinajstić information content (AvgIpc) is 2.26. The molecule has 0 aliphatic rings. The first-order chi connectivity index (χ1) is 8.25. The van der Waals surface area contributed by atoms with Crippen LogP contribution in [-0.4, -0.2) is 26.7 Å². The standard InChI is InChI=1S/C9H6N2O7/c1-4(12)5-2-7(10(15)16)8(11(17)18)3-6(5)9(13)14/h2-3H,1H3,(H,13,14). The number of nitrogens with zero attached hydrogens (tertiary/aromatic N) is 2. The number of aromatic carboxylic acids is 1. The first-order valence-electron chi connectivity index (χ1n) is 4.46. The van der Waals surface area contributed by atoms with Crippen molar-refractivity contribution in [2.24, 2.45) is 0 Å². The number of nitro benzene ring substituents is 2. The lowest BCUT2D eigenvalue weighted by molar-refractivity contribution is -0.422. The Balaban J connectivity index is 3.71. The fraction of sp³-hybridized carbons (Fsp3) is 0.111. The summed E-state index contributed by atoms with van der Waals surface area (Å²) in [6.07, 6.45) is 0. The molecule has 0 unspecified atom stereocenters. The molecular weight excluding hydrogens is 248 g/mol. The molecule has 0 atom stereocenters. The van der Waals surface area contributed by atoms with Gasteiger partial charge in [0, 0.05) is 17.7 Å². The molecule has 0 aliphatic carbocycles. The minimum Gasteiger partial charge on any atom is -0.478 e. The fourth-order valence-electron chi connectivity index (χ4n) is 1.34. The van der Waals surface area contributed by atoms with Crippen LogP contribution in [-0.2, 0) is 0 Å². The van der Waals surface area contributed by atoms with E-state index < -0.39 is 44.1 Å². The number of rotatable bonds is 4. The summed E-state index contributed by atoms with van der Waals surface area (Å²) in [5.41, 5.74) is -2.97. The second kappa shape index (κ2) is 4.57. The summed E-state index contributed by atoms with van der Waals surface area (Å²) in [5, 5.41) is 30.0. The van der Waals surface area contributed by atoms with Gasteiger partial charge in [-0.15, -0.1) is 0 Å². The Labute approximate surface area is 98.9 Å². The Morgan fingerprint density at radius 1 is 1.06 bits per heavy atom. The molecule has 9 heteroatoms. The molecule has 1 aromatic rings. The number of carboxylic acid groups (broad SMARTS) is 1. The van der Waals surface area contributed by atoms with Gasteiger partial charge < -0.3 is 5.11 Å². The third-order valence-electron chi connectivity index (χ3n) is 2.12. The molecule has 1 N–H and O–H groups in total. The zero-order chi connectivity index (χ0) is 14.0. The largest absolute Gasteiger partial charge is 0.478 e. The van der Waals surface area contributed by atoms with E-state index >= 15 is 0 Å². The molecule has 94 valence electrons. The van der Waals surface area contributed by atoms with Gasteiger partial charge in [-0.05, 0) is 6.92 Å². The van der Waals surface area contributed by atoms with Gasteiger partial charge in [0.05, 0.1) is 15.4 Å². The van der Waals surface area contributed by atoms with E-state index in [9.17, 15) is 29.8 Å². The molecule has 0 aromatic heterocycles. The Kier molecular flexibility index (Phi) is 3.36. The summed E-state index contributed by atoms with van der Waals surface area (Å²) < 4.78 is 0. The molecule has 1 aromatic carbocycles. The maximum absolute atomic E-state index is 11.2. The van der Waals surface area contributed by atoms with Gasteiger partial charge in [0.15, 0.2) is 5.78 Å². The molecule has 0 heterocycles. The van der Waals surface area contributed by atoms with E-state index in [4.69, 9.17) is 5.11 Å². The first-order valence-corrected chi connectivity index (χ1v) is 4.46. The number of benzene rings is 1. The predicted octanol–water partition coefficient (Wildman–Crippen LogP) is 1.40. The van der Waals surface area contributed by atoms with Crippen LogP contribution in [0.5, 0.6) is 0 Å². The molecule has 0 amide bonds. The number of carbonyl (C=O) groups excluding carboxylic acids is 1. The average molecular weight is 254 g/mol. The molecule has 0 spiro atoms. The van der Waals surface area contributed by atoms with Crippen LogP contribution in [0.1, 0.15) is 27.6 Å². The Bertz CT molecular complexity index is 480. The van der Waals surface area contributed by atoms with Gasteiger partial charge in [-0.1, -0.05) is 0 Å². The van der Waals surface area contributed by atoms with Crippen LogP contribution in [0.4, 0.5) is 11.4 Å². The topological polar surface area (TPSA) is 141 Å². The number of ketones is 1. The van der Waals surface area contributed by atoms with Crippen LogP contribution < -0.4 is 0 Å². The summed E-state index contributed by atoms with van der Waals surface area (Å²) in [4.78, 5) is 41.1. The maximum Gasteiger partial charge on any atom is 0.346 e. The first kappa shape index (κ1) is 13.2. The monoisotopic (exact) mass is 254 g/mol. The summed E-state index contributed by atoms with van der Waals surface area (Å²) in [7, 11) is 0. The van der Waals surface area contributed by atoms with E-state index in [0.29, 0.717) is 12.1 Å². The minimum atomic E-state index is -1.57. The van der Waals surface area contributed by atoms with Crippen molar-refractivity contribution >= 4 is 23.1 Å². The fourth-order valence-corrected chi connectivity index (χ4v) is 1.34. The molecular formula is C9H6N2O7. The second-order valence-corrected chi connectivity index (χ2v) is 3.26. The SMILES string of the molecule is CC(=O)c1cc([N+](=O)[O-])c([N+](=O)[O-])cc1C(=O)O. The third-order valence-corrected chi connectivity index (χ3v) is 2.12. The predicted molar refractivity (Wildman–Crippen MR) is 56.7 cm³/mol. The van der Waals surface area contributed by atoms with Crippen molar-refractivity contribution in [2.75, 3.05) is 0 Å². The van der Waals surface area contributed by atoms with Gasteiger partial charge >= 0.3 is 17.3 Å². The highest BCUT2D eigenvalue weighted by Crippen LogP contribution is 2.30. The third kappa shape index (κ3) is 2.29. The minimum absolute atomic E-state index is 0.445. The smallest absolute Gasteiger partial charge is 0.346 e. The number of nitro groups is 2. The van der Waals surface area contributed by atoms with Crippen LogP contribution in [0.25, 0.3) is 0 Å². The highest BCUT2D eigenvalue weighted by Gasteiger charge is 2.29. The normalized spacial score (nSPS) is 9.83. The molecule has 0 saturated carbocycles. The van der Waals surface area contributed by atoms with Crippen LogP contribution in [0.3, 0.4) is 0 Å². The van der Waals surface area contributed by atoms with E-state index in [-0.39, 0.29) is 0 Å². The van der Waals surface area contributed by atoms with E-state index in [0.717, 1.165) is 6.92 Å². The van der Waals surface area contributed by atoms with Gasteiger partial charge in [0.2, 0.25) is 0 Å². The Morgan fingerprint density at radius 3 is 1.72 bits per heavy atom. The number of Topliss-reactive ketones (excluding diaryl/α,β-unsaturated/α-hetero) is 1. The van der Waals surface area contributed by atoms with Crippen LogP contribution >= 0.6 is 0 Å². The molecule has 9 nitrogen and oxygen atoms in total. The van der Waals surface area contributed by atoms with E-state index in [1.165, 1.54) is 0 Å². The Hall–Kier alpha value is -2.84. The van der Waals surface area contributed by atoms with Gasteiger partial charge in [0.1, 0.15) is 0 Å². The highest BCUT2D eigenvalue weighted by atomic mass is 16.6. The van der Waals surface area contributed by atoms with Crippen LogP contribution in [0.2, 0.25) is 0 Å². The van der Waals surface area contributed by atoms with E-state index in [1.807, 2.05) is 0 Å². The molecule has 18 heavy (non-hydrogen) atoms. The molecule has 0 radical (unpaired) electrons. The van der Waals surface area contributed by atoms with Crippen molar-refractivity contribution in [3.63, 3.8) is 0 Å². The summed E-state index contributed by atoms with van der Waals surface area (Å²) >= 11 is 0. The number of hydrogen-bond acceptors (Lipinski definition) is 6. The molecule has 0 saturated heterocycles. The zero-order valence-corrected chi connectivity index (χ0v) is 8.95. The Morgan fingerprint density at radius 2 is 1.44 bits per heavy atom. The summed E-state index contributed by atoms with van der Waals surface area (Å²) in [6, 6.07) is 1.11. The summed E-state index contributed by atoms with van der Waals surface area (Å²) in [5.74, 6) is -2.30. The van der Waals surface area contributed by atoms with Gasteiger partial charge in [-0.25, -0.2) is 4.79 Å². The number of carboxylic acids is 1. The highest BCUT2D eigenvalue weighted by molar-refractivity contribution is 6.06. The quantitative estimate of drug-likeness (QED) is 0.486. The lowest BCUT2D eigenvalue weighted by Gasteiger charge is -2.03. The molecule has 0 bridgehead atoms. The van der Waals surface area contributed by atoms with Crippen molar-refractivity contribution in [3.8, 4) is 0 Å². The lowest BCUT2D eigenvalue weighted by Crippen LogP contribution is -2.09. The number of carbonyl (C=O) groups is 2. The zero-order valence-electron chi connectivity index (χ0n) is 8.95. The van der Waals surface area contributed by atoms with Crippen LogP contribution in [0.15, 0.2) is 12.1 Å². The molecule has 0 aliphatic heterocycles. The van der Waals surface area contributed by atoms with E-state index in [2.05, 4.69) is 0 Å². The van der Waals surface area contributed by atoms with Crippen molar-refractivity contribution in [3.05, 3.63) is 43.5 Å². The lowest BCUT2D eigenvalue weighted by atomic mass is 10.0. The van der Waals surface area contributed by atoms with E-state index in [1.54, 1.807) is 0 Å². The van der Waals surface area contributed by atoms with Gasteiger partial charge in [0.25, 0.3) is 0 Å². The van der Waals surface area contributed by atoms with Crippen molar-refractivity contribution in [1.29, 1.82) is 0 Å². The van der Waals surface area contributed by atoms with Gasteiger partial charge in [-0.2, -0.15) is 0 Å². The molecule has 1 rings (SSSR count). The second-order valence-electron chi connectivity index (χ2n) is 3.26. The molecule has 0 fully saturated rings. The van der Waals surface area contributed by atoms with Crippen molar-refractivity contribution in [2.45, 2.75) is 6.92 Å². The van der Waals surface area contributed by atoms with Gasteiger partial charge in [-0.3, -0.25) is 25.0 Å². The number of hydrogen-bond donors (Lipinski definition) is 1. The van der Waals surface area contributed by atoms with Crippen LogP contribution in [0, 0.1) is 20.2 Å².